The highest BCUT2D eigenvalue weighted by atomic mass is 15.3. The predicted octanol–water partition coefficient (Wildman–Crippen LogP) is 2.27. The fourth-order valence-corrected chi connectivity index (χ4v) is 1.84. The van der Waals surface area contributed by atoms with Crippen molar-refractivity contribution in [2.45, 2.75) is 51.6 Å². The SMILES string of the molecule is CCCCC1C(CC)N1C. The van der Waals surface area contributed by atoms with E-state index in [1.54, 1.807) is 0 Å². The van der Waals surface area contributed by atoms with Crippen LogP contribution in [0.5, 0.6) is 0 Å². The number of hydrogen-bond acceptors (Lipinski definition) is 1. The van der Waals surface area contributed by atoms with Crippen LogP contribution in [0.3, 0.4) is 0 Å². The summed E-state index contributed by atoms with van der Waals surface area (Å²) in [6, 6.07) is 1.86. The Balaban J connectivity index is 2.09. The average molecular weight is 141 g/mol. The molecule has 0 N–H and O–H groups in total. The van der Waals surface area contributed by atoms with Gasteiger partial charge in [0.15, 0.2) is 0 Å². The Kier molecular flexibility index (Phi) is 2.72. The highest BCUT2D eigenvalue weighted by Crippen LogP contribution is 2.31. The minimum absolute atomic E-state index is 0.923. The van der Waals surface area contributed by atoms with E-state index < -0.39 is 0 Å². The van der Waals surface area contributed by atoms with Crippen molar-refractivity contribution in [3.63, 3.8) is 0 Å². The lowest BCUT2D eigenvalue weighted by atomic mass is 10.1. The molecule has 1 saturated heterocycles. The lowest BCUT2D eigenvalue weighted by Crippen LogP contribution is -1.92. The molecule has 3 unspecified atom stereocenters. The zero-order valence-corrected chi connectivity index (χ0v) is 7.43. The normalized spacial score (nSPS) is 38.1. The number of hydrogen-bond donors (Lipinski definition) is 0. The summed E-state index contributed by atoms with van der Waals surface area (Å²) < 4.78 is 0. The molecule has 0 radical (unpaired) electrons. The molecule has 0 aromatic rings. The Morgan fingerprint density at radius 3 is 2.30 bits per heavy atom. The topological polar surface area (TPSA) is 3.01 Å². The van der Waals surface area contributed by atoms with Gasteiger partial charge in [0.25, 0.3) is 0 Å². The second-order valence-electron chi connectivity index (χ2n) is 3.35. The molecule has 1 rings (SSSR count). The van der Waals surface area contributed by atoms with Gasteiger partial charge in [-0.15, -0.1) is 0 Å². The average Bonchev–Trinajstić information content (AvgIpc) is 2.56. The predicted molar refractivity (Wildman–Crippen MR) is 45.2 cm³/mol. The monoisotopic (exact) mass is 141 g/mol. The van der Waals surface area contributed by atoms with E-state index in [1.165, 1.54) is 25.7 Å². The van der Waals surface area contributed by atoms with Crippen LogP contribution in [0, 0.1) is 0 Å². The van der Waals surface area contributed by atoms with E-state index in [4.69, 9.17) is 0 Å². The summed E-state index contributed by atoms with van der Waals surface area (Å²) in [4.78, 5) is 2.50. The van der Waals surface area contributed by atoms with Gasteiger partial charge in [-0.2, -0.15) is 0 Å². The summed E-state index contributed by atoms with van der Waals surface area (Å²) in [5.41, 5.74) is 0. The molecule has 0 aromatic carbocycles. The zero-order chi connectivity index (χ0) is 7.56. The molecule has 60 valence electrons. The van der Waals surface area contributed by atoms with Gasteiger partial charge in [-0.1, -0.05) is 26.7 Å². The highest BCUT2D eigenvalue weighted by molar-refractivity contribution is 4.98. The van der Waals surface area contributed by atoms with Crippen molar-refractivity contribution in [1.82, 2.24) is 4.90 Å². The van der Waals surface area contributed by atoms with Crippen LogP contribution in [0.1, 0.15) is 39.5 Å². The molecule has 10 heavy (non-hydrogen) atoms. The van der Waals surface area contributed by atoms with E-state index in [0.29, 0.717) is 0 Å². The number of rotatable bonds is 4. The van der Waals surface area contributed by atoms with Gasteiger partial charge in [0.05, 0.1) is 0 Å². The van der Waals surface area contributed by atoms with Crippen LogP contribution in [0.4, 0.5) is 0 Å². The summed E-state index contributed by atoms with van der Waals surface area (Å²) in [7, 11) is 2.24. The Morgan fingerprint density at radius 1 is 1.20 bits per heavy atom. The molecule has 0 saturated carbocycles. The van der Waals surface area contributed by atoms with Crippen LogP contribution in [0.25, 0.3) is 0 Å². The van der Waals surface area contributed by atoms with Crippen molar-refractivity contribution in [1.29, 1.82) is 0 Å². The van der Waals surface area contributed by atoms with E-state index in [1.807, 2.05) is 0 Å². The van der Waals surface area contributed by atoms with Gasteiger partial charge < -0.3 is 0 Å². The van der Waals surface area contributed by atoms with E-state index in [2.05, 4.69) is 25.8 Å². The number of likely N-dealkylation sites (N-methyl/N-ethyl adjacent to an activating group) is 1. The fraction of sp³-hybridized carbons (Fsp3) is 1.00. The van der Waals surface area contributed by atoms with Crippen LogP contribution in [-0.4, -0.2) is 24.0 Å². The minimum Gasteiger partial charge on any atom is -0.297 e. The van der Waals surface area contributed by atoms with Gasteiger partial charge in [0, 0.05) is 12.1 Å². The Bertz CT molecular complexity index is 101. The van der Waals surface area contributed by atoms with Crippen LogP contribution < -0.4 is 0 Å². The van der Waals surface area contributed by atoms with E-state index in [0.717, 1.165) is 12.1 Å². The van der Waals surface area contributed by atoms with Crippen LogP contribution in [0.2, 0.25) is 0 Å². The van der Waals surface area contributed by atoms with Crippen molar-refractivity contribution >= 4 is 0 Å². The first-order valence-corrected chi connectivity index (χ1v) is 4.53. The summed E-state index contributed by atoms with van der Waals surface area (Å²) >= 11 is 0. The van der Waals surface area contributed by atoms with Crippen molar-refractivity contribution < 1.29 is 0 Å². The lowest BCUT2D eigenvalue weighted by molar-refractivity contribution is 0.549. The van der Waals surface area contributed by atoms with Gasteiger partial charge in [0.2, 0.25) is 0 Å². The Hall–Kier alpha value is -0.0400. The largest absolute Gasteiger partial charge is 0.297 e. The molecular formula is C9H19N. The summed E-state index contributed by atoms with van der Waals surface area (Å²) in [5, 5.41) is 0. The number of unbranched alkanes of at least 4 members (excludes halogenated alkanes) is 1. The van der Waals surface area contributed by atoms with Gasteiger partial charge in [-0.3, -0.25) is 4.90 Å². The second-order valence-corrected chi connectivity index (χ2v) is 3.35. The molecule has 0 bridgehead atoms. The van der Waals surface area contributed by atoms with E-state index >= 15 is 0 Å². The standard InChI is InChI=1S/C9H19N/c1-4-6-7-9-8(5-2)10(9)3/h8-9H,4-7H2,1-3H3. The van der Waals surface area contributed by atoms with Crippen LogP contribution >= 0.6 is 0 Å². The number of nitrogens with zero attached hydrogens (tertiary/aromatic N) is 1. The maximum absolute atomic E-state index is 2.50. The molecule has 1 nitrogen and oxygen atoms in total. The third-order valence-electron chi connectivity index (χ3n) is 2.67. The van der Waals surface area contributed by atoms with Gasteiger partial charge in [-0.25, -0.2) is 0 Å². The fourth-order valence-electron chi connectivity index (χ4n) is 1.84. The van der Waals surface area contributed by atoms with Crippen molar-refractivity contribution in [2.24, 2.45) is 0 Å². The molecule has 1 heterocycles. The van der Waals surface area contributed by atoms with E-state index in [9.17, 15) is 0 Å². The molecule has 0 spiro atoms. The van der Waals surface area contributed by atoms with Crippen molar-refractivity contribution in [2.75, 3.05) is 7.05 Å². The zero-order valence-electron chi connectivity index (χ0n) is 7.43. The van der Waals surface area contributed by atoms with Crippen LogP contribution in [-0.2, 0) is 0 Å². The first-order valence-electron chi connectivity index (χ1n) is 4.53. The molecule has 0 amide bonds. The Morgan fingerprint density at radius 2 is 1.90 bits per heavy atom. The van der Waals surface area contributed by atoms with Crippen molar-refractivity contribution in [3.05, 3.63) is 0 Å². The molecule has 0 aliphatic carbocycles. The van der Waals surface area contributed by atoms with Crippen molar-refractivity contribution in [3.8, 4) is 0 Å². The molecular weight excluding hydrogens is 122 g/mol. The molecule has 1 aliphatic rings. The molecule has 1 aliphatic heterocycles. The summed E-state index contributed by atoms with van der Waals surface area (Å²) in [6.45, 7) is 4.55. The van der Waals surface area contributed by atoms with Gasteiger partial charge in [0.1, 0.15) is 0 Å². The summed E-state index contributed by atoms with van der Waals surface area (Å²) in [6.07, 6.45) is 5.52. The van der Waals surface area contributed by atoms with E-state index in [-0.39, 0.29) is 0 Å². The third-order valence-corrected chi connectivity index (χ3v) is 2.67. The first-order chi connectivity index (χ1) is 4.81. The molecule has 1 heteroatoms. The Labute approximate surface area is 64.4 Å². The summed E-state index contributed by atoms with van der Waals surface area (Å²) in [5.74, 6) is 0. The molecule has 1 fully saturated rings. The van der Waals surface area contributed by atoms with Gasteiger partial charge in [-0.05, 0) is 19.9 Å². The van der Waals surface area contributed by atoms with Gasteiger partial charge >= 0.3 is 0 Å². The molecule has 3 atom stereocenters. The second kappa shape index (κ2) is 3.38. The third kappa shape index (κ3) is 1.51. The maximum atomic E-state index is 2.50. The lowest BCUT2D eigenvalue weighted by Gasteiger charge is -1.92. The minimum atomic E-state index is 0.923. The maximum Gasteiger partial charge on any atom is 0.0252 e. The first kappa shape index (κ1) is 8.06. The highest BCUT2D eigenvalue weighted by Gasteiger charge is 2.41. The smallest absolute Gasteiger partial charge is 0.0252 e. The quantitative estimate of drug-likeness (QED) is 0.543. The van der Waals surface area contributed by atoms with Crippen LogP contribution in [0.15, 0.2) is 0 Å². The molecule has 0 aromatic heterocycles.